The second kappa shape index (κ2) is 5.95. The van der Waals surface area contributed by atoms with Crippen molar-refractivity contribution in [2.45, 2.75) is 26.4 Å². The molecule has 0 amide bonds. The van der Waals surface area contributed by atoms with Crippen LogP contribution < -0.4 is 5.32 Å². The minimum absolute atomic E-state index is 0.395. The van der Waals surface area contributed by atoms with E-state index in [4.69, 9.17) is 4.52 Å². The van der Waals surface area contributed by atoms with Gasteiger partial charge in [-0.2, -0.15) is 4.98 Å². The number of halogens is 2. The van der Waals surface area contributed by atoms with E-state index in [1.54, 1.807) is 0 Å². The summed E-state index contributed by atoms with van der Waals surface area (Å²) >= 11 is 6.87. The van der Waals surface area contributed by atoms with Gasteiger partial charge in [-0.1, -0.05) is 50.9 Å². The minimum atomic E-state index is 0.395. The largest absolute Gasteiger partial charge is 0.334 e. The molecule has 0 fully saturated rings. The first-order valence-electron chi connectivity index (χ1n) is 5.57. The Hall–Kier alpha value is -0.720. The second-order valence-corrected chi connectivity index (χ2v) is 6.04. The Morgan fingerprint density at radius 1 is 1.22 bits per heavy atom. The maximum atomic E-state index is 5.25. The summed E-state index contributed by atoms with van der Waals surface area (Å²) in [6.07, 6.45) is 0. The zero-order chi connectivity index (χ0) is 13.1. The summed E-state index contributed by atoms with van der Waals surface area (Å²) in [5.74, 6) is 1.19. The van der Waals surface area contributed by atoms with Gasteiger partial charge in [0.25, 0.3) is 5.89 Å². The SMILES string of the molecule is CC(C)NCc1noc(-c2cc(Br)cc(Br)c2)n1. The summed E-state index contributed by atoms with van der Waals surface area (Å²) in [6, 6.07) is 6.24. The number of benzene rings is 1. The lowest BCUT2D eigenvalue weighted by Crippen LogP contribution is -2.22. The molecule has 2 rings (SSSR count). The summed E-state index contributed by atoms with van der Waals surface area (Å²) in [4.78, 5) is 4.35. The topological polar surface area (TPSA) is 51.0 Å². The van der Waals surface area contributed by atoms with Crippen LogP contribution in [-0.2, 0) is 6.54 Å². The summed E-state index contributed by atoms with van der Waals surface area (Å²) in [7, 11) is 0. The Morgan fingerprint density at radius 3 is 2.50 bits per heavy atom. The molecule has 0 saturated carbocycles. The van der Waals surface area contributed by atoms with E-state index in [2.05, 4.69) is 61.2 Å². The minimum Gasteiger partial charge on any atom is -0.334 e. The average molecular weight is 375 g/mol. The van der Waals surface area contributed by atoms with Gasteiger partial charge in [0.05, 0.1) is 6.54 Å². The highest BCUT2D eigenvalue weighted by Gasteiger charge is 2.10. The van der Waals surface area contributed by atoms with Crippen molar-refractivity contribution in [3.05, 3.63) is 33.0 Å². The lowest BCUT2D eigenvalue weighted by molar-refractivity contribution is 0.417. The maximum absolute atomic E-state index is 5.25. The summed E-state index contributed by atoms with van der Waals surface area (Å²) in [5.41, 5.74) is 0.888. The van der Waals surface area contributed by atoms with E-state index >= 15 is 0 Å². The van der Waals surface area contributed by atoms with Crippen molar-refractivity contribution in [1.29, 1.82) is 0 Å². The first-order valence-corrected chi connectivity index (χ1v) is 7.15. The Kier molecular flexibility index (Phi) is 4.53. The molecule has 96 valence electrons. The van der Waals surface area contributed by atoms with Crippen LogP contribution in [0.25, 0.3) is 11.5 Å². The summed E-state index contributed by atoms with van der Waals surface area (Å²) < 4.78 is 7.18. The molecule has 18 heavy (non-hydrogen) atoms. The van der Waals surface area contributed by atoms with Gasteiger partial charge in [0, 0.05) is 20.6 Å². The second-order valence-electron chi connectivity index (χ2n) is 4.21. The highest BCUT2D eigenvalue weighted by Crippen LogP contribution is 2.26. The van der Waals surface area contributed by atoms with Crippen LogP contribution in [0.1, 0.15) is 19.7 Å². The Morgan fingerprint density at radius 2 is 1.89 bits per heavy atom. The van der Waals surface area contributed by atoms with Crippen molar-refractivity contribution in [3.8, 4) is 11.5 Å². The van der Waals surface area contributed by atoms with E-state index in [-0.39, 0.29) is 0 Å². The molecule has 0 atom stereocenters. The molecule has 1 heterocycles. The van der Waals surface area contributed by atoms with Crippen LogP contribution in [0.4, 0.5) is 0 Å². The highest BCUT2D eigenvalue weighted by molar-refractivity contribution is 9.11. The van der Waals surface area contributed by atoms with Crippen LogP contribution >= 0.6 is 31.9 Å². The van der Waals surface area contributed by atoms with Gasteiger partial charge in [-0.05, 0) is 18.2 Å². The molecule has 4 nitrogen and oxygen atoms in total. The number of hydrogen-bond donors (Lipinski definition) is 1. The van der Waals surface area contributed by atoms with Gasteiger partial charge in [0.1, 0.15) is 0 Å². The molecule has 0 aliphatic heterocycles. The number of aromatic nitrogens is 2. The summed E-state index contributed by atoms with van der Waals surface area (Å²) in [6.45, 7) is 4.76. The molecule has 0 radical (unpaired) electrons. The number of nitrogens with zero attached hydrogens (tertiary/aromatic N) is 2. The fourth-order valence-electron chi connectivity index (χ4n) is 1.42. The zero-order valence-corrected chi connectivity index (χ0v) is 13.2. The van der Waals surface area contributed by atoms with Crippen LogP contribution in [0.3, 0.4) is 0 Å². The van der Waals surface area contributed by atoms with Gasteiger partial charge in [0.2, 0.25) is 0 Å². The van der Waals surface area contributed by atoms with E-state index in [1.807, 2.05) is 18.2 Å². The smallest absolute Gasteiger partial charge is 0.258 e. The van der Waals surface area contributed by atoms with E-state index in [1.165, 1.54) is 0 Å². The van der Waals surface area contributed by atoms with Crippen LogP contribution in [0, 0.1) is 0 Å². The van der Waals surface area contributed by atoms with Gasteiger partial charge >= 0.3 is 0 Å². The van der Waals surface area contributed by atoms with Crippen LogP contribution in [0.5, 0.6) is 0 Å². The predicted octanol–water partition coefficient (Wildman–Crippen LogP) is 3.76. The Balaban J connectivity index is 2.18. The lowest BCUT2D eigenvalue weighted by Gasteiger charge is -2.03. The average Bonchev–Trinajstić information content (AvgIpc) is 2.73. The van der Waals surface area contributed by atoms with Gasteiger partial charge in [0.15, 0.2) is 5.82 Å². The van der Waals surface area contributed by atoms with Gasteiger partial charge in [-0.25, -0.2) is 0 Å². The van der Waals surface area contributed by atoms with Crippen LogP contribution in [0.15, 0.2) is 31.7 Å². The fraction of sp³-hybridized carbons (Fsp3) is 0.333. The maximum Gasteiger partial charge on any atom is 0.258 e. The molecular formula is C12H13Br2N3O. The number of hydrogen-bond acceptors (Lipinski definition) is 4. The Labute approximate surface area is 122 Å². The lowest BCUT2D eigenvalue weighted by atomic mass is 10.2. The predicted molar refractivity (Wildman–Crippen MR) is 77.1 cm³/mol. The van der Waals surface area contributed by atoms with Gasteiger partial charge < -0.3 is 9.84 Å². The normalized spacial score (nSPS) is 11.2. The van der Waals surface area contributed by atoms with E-state index < -0.39 is 0 Å². The van der Waals surface area contributed by atoms with Crippen molar-refractivity contribution in [3.63, 3.8) is 0 Å². The molecule has 6 heteroatoms. The third-order valence-corrected chi connectivity index (χ3v) is 3.16. The van der Waals surface area contributed by atoms with Crippen molar-refractivity contribution in [2.24, 2.45) is 0 Å². The Bertz CT molecular complexity index is 520. The first-order chi connectivity index (χ1) is 8.54. The summed E-state index contributed by atoms with van der Waals surface area (Å²) in [5, 5.41) is 7.19. The third-order valence-electron chi connectivity index (χ3n) is 2.25. The molecular weight excluding hydrogens is 362 g/mol. The monoisotopic (exact) mass is 373 g/mol. The van der Waals surface area contributed by atoms with E-state index in [0.29, 0.717) is 24.3 Å². The molecule has 1 aromatic heterocycles. The molecule has 0 unspecified atom stereocenters. The number of rotatable bonds is 4. The molecule has 0 aliphatic rings. The van der Waals surface area contributed by atoms with Crippen molar-refractivity contribution >= 4 is 31.9 Å². The van der Waals surface area contributed by atoms with E-state index in [0.717, 1.165) is 14.5 Å². The van der Waals surface area contributed by atoms with E-state index in [9.17, 15) is 0 Å². The van der Waals surface area contributed by atoms with Gasteiger partial charge in [-0.15, -0.1) is 0 Å². The highest BCUT2D eigenvalue weighted by atomic mass is 79.9. The van der Waals surface area contributed by atoms with Crippen molar-refractivity contribution in [2.75, 3.05) is 0 Å². The van der Waals surface area contributed by atoms with Gasteiger partial charge in [-0.3, -0.25) is 0 Å². The molecule has 0 spiro atoms. The molecule has 1 aromatic carbocycles. The van der Waals surface area contributed by atoms with Crippen LogP contribution in [-0.4, -0.2) is 16.2 Å². The van der Waals surface area contributed by atoms with Crippen molar-refractivity contribution < 1.29 is 4.52 Å². The zero-order valence-electron chi connectivity index (χ0n) is 10.1. The first kappa shape index (κ1) is 13.7. The van der Waals surface area contributed by atoms with Crippen LogP contribution in [0.2, 0.25) is 0 Å². The third kappa shape index (κ3) is 3.63. The molecule has 2 aromatic rings. The molecule has 1 N–H and O–H groups in total. The molecule has 0 saturated heterocycles. The quantitative estimate of drug-likeness (QED) is 0.885. The molecule has 0 aliphatic carbocycles. The fourth-order valence-corrected chi connectivity index (χ4v) is 2.71. The standard InChI is InChI=1S/C12H13Br2N3O/c1-7(2)15-6-11-16-12(18-17-11)8-3-9(13)5-10(14)4-8/h3-5,7,15H,6H2,1-2H3. The van der Waals surface area contributed by atoms with Crippen molar-refractivity contribution in [1.82, 2.24) is 15.5 Å². The molecule has 0 bridgehead atoms. The number of nitrogens with one attached hydrogen (secondary N) is 1.